The topological polar surface area (TPSA) is 97.3 Å². The maximum atomic E-state index is 12.0. The molecule has 3 rings (SSSR count). The lowest BCUT2D eigenvalue weighted by Crippen LogP contribution is -2.38. The van der Waals surface area contributed by atoms with E-state index in [1.54, 1.807) is 18.6 Å². The van der Waals surface area contributed by atoms with E-state index in [1.165, 1.54) is 0 Å². The number of nitrogens with one attached hydrogen (secondary N) is 3. The van der Waals surface area contributed by atoms with Crippen LogP contribution in [0.25, 0.3) is 0 Å². The fraction of sp³-hybridized carbons (Fsp3) is 0.312. The molecule has 1 aromatic heterocycles. The second-order valence-corrected chi connectivity index (χ2v) is 5.51. The molecule has 1 aliphatic heterocycles. The number of hydrogen-bond donors (Lipinski definition) is 3. The Hall–Kier alpha value is -3.03. The van der Waals surface area contributed by atoms with Crippen molar-refractivity contribution in [2.24, 2.45) is 0 Å². The van der Waals surface area contributed by atoms with Gasteiger partial charge in [0.25, 0.3) is 5.91 Å². The fourth-order valence-electron chi connectivity index (χ4n) is 2.42. The fourth-order valence-corrected chi connectivity index (χ4v) is 2.42. The average Bonchev–Trinajstić information content (AvgIpc) is 3.07. The number of aromatic nitrogens is 2. The normalized spacial score (nSPS) is 14.1. The van der Waals surface area contributed by atoms with Crippen molar-refractivity contribution in [1.82, 2.24) is 20.2 Å². The first kappa shape index (κ1) is 15.9. The van der Waals surface area contributed by atoms with Crippen LogP contribution in [0.2, 0.25) is 0 Å². The molecule has 0 aliphatic carbocycles. The molecule has 1 aromatic carbocycles. The number of nitrogens with zero attached hydrogens (tertiary/aromatic N) is 2. The summed E-state index contributed by atoms with van der Waals surface area (Å²) in [5, 5.41) is 8.42. The van der Waals surface area contributed by atoms with E-state index in [0.717, 1.165) is 5.56 Å². The molecule has 0 radical (unpaired) electrons. The van der Waals surface area contributed by atoms with Gasteiger partial charge in [-0.2, -0.15) is 0 Å². The summed E-state index contributed by atoms with van der Waals surface area (Å²) in [6.45, 7) is 3.06. The highest BCUT2D eigenvalue weighted by Gasteiger charge is 2.18. The van der Waals surface area contributed by atoms with E-state index >= 15 is 0 Å². The van der Waals surface area contributed by atoms with Gasteiger partial charge in [0.05, 0.1) is 18.1 Å². The van der Waals surface area contributed by atoms with E-state index in [4.69, 9.17) is 4.74 Å². The molecular weight excluding hydrogens is 310 g/mol. The quantitative estimate of drug-likeness (QED) is 0.769. The molecule has 3 amide bonds. The molecule has 0 spiro atoms. The lowest BCUT2D eigenvalue weighted by molar-refractivity contribution is -0.118. The Morgan fingerprint density at radius 1 is 1.50 bits per heavy atom. The van der Waals surface area contributed by atoms with Crippen LogP contribution in [0, 0.1) is 0 Å². The second-order valence-electron chi connectivity index (χ2n) is 5.51. The van der Waals surface area contributed by atoms with Crippen LogP contribution in [-0.4, -0.2) is 34.6 Å². The number of amides is 3. The lowest BCUT2D eigenvalue weighted by atomic mass is 10.1. The standard InChI is InChI=1S/C16H19N5O3/c1-11(19-16(23)18-5-7-21-6-4-17-10-21)12-2-3-14-13(8-12)20-15(22)9-24-14/h2-4,6,8,10-11H,5,7,9H2,1H3,(H,20,22)(H2,18,19,23). The van der Waals surface area contributed by atoms with E-state index in [2.05, 4.69) is 20.9 Å². The van der Waals surface area contributed by atoms with Gasteiger partial charge in [0, 0.05) is 25.5 Å². The van der Waals surface area contributed by atoms with Crippen LogP contribution in [0.5, 0.6) is 5.75 Å². The van der Waals surface area contributed by atoms with Crippen molar-refractivity contribution in [2.75, 3.05) is 18.5 Å². The summed E-state index contributed by atoms with van der Waals surface area (Å²) in [6, 6.07) is 5.01. The van der Waals surface area contributed by atoms with Crippen molar-refractivity contribution < 1.29 is 14.3 Å². The van der Waals surface area contributed by atoms with Gasteiger partial charge in [-0.3, -0.25) is 4.79 Å². The van der Waals surface area contributed by atoms with Crippen molar-refractivity contribution >= 4 is 17.6 Å². The molecule has 0 fully saturated rings. The van der Waals surface area contributed by atoms with Gasteiger partial charge in [0.15, 0.2) is 6.61 Å². The van der Waals surface area contributed by atoms with Crippen LogP contribution >= 0.6 is 0 Å². The summed E-state index contributed by atoms with van der Waals surface area (Å²) in [6.07, 6.45) is 5.23. The van der Waals surface area contributed by atoms with Crippen LogP contribution in [-0.2, 0) is 11.3 Å². The average molecular weight is 329 g/mol. The van der Waals surface area contributed by atoms with Crippen molar-refractivity contribution in [3.8, 4) is 5.75 Å². The van der Waals surface area contributed by atoms with Crippen LogP contribution in [0.4, 0.5) is 10.5 Å². The van der Waals surface area contributed by atoms with Crippen LogP contribution in [0.1, 0.15) is 18.5 Å². The predicted molar refractivity (Wildman–Crippen MR) is 87.7 cm³/mol. The third-order valence-electron chi connectivity index (χ3n) is 3.70. The van der Waals surface area contributed by atoms with E-state index in [9.17, 15) is 9.59 Å². The smallest absolute Gasteiger partial charge is 0.315 e. The Morgan fingerprint density at radius 2 is 2.38 bits per heavy atom. The van der Waals surface area contributed by atoms with Crippen molar-refractivity contribution in [2.45, 2.75) is 19.5 Å². The van der Waals surface area contributed by atoms with Crippen molar-refractivity contribution in [3.05, 3.63) is 42.5 Å². The summed E-state index contributed by atoms with van der Waals surface area (Å²) < 4.78 is 7.21. The molecular formula is C16H19N5O3. The highest BCUT2D eigenvalue weighted by Crippen LogP contribution is 2.30. The predicted octanol–water partition coefficient (Wildman–Crippen LogP) is 1.27. The molecule has 8 heteroatoms. The lowest BCUT2D eigenvalue weighted by Gasteiger charge is -2.21. The number of carbonyl (C=O) groups is 2. The molecule has 0 bridgehead atoms. The first-order valence-electron chi connectivity index (χ1n) is 7.68. The van der Waals surface area contributed by atoms with Crippen LogP contribution in [0.15, 0.2) is 36.9 Å². The molecule has 1 aliphatic rings. The monoisotopic (exact) mass is 329 g/mol. The molecule has 3 N–H and O–H groups in total. The number of fused-ring (bicyclic) bond motifs is 1. The maximum Gasteiger partial charge on any atom is 0.315 e. The molecule has 126 valence electrons. The minimum absolute atomic E-state index is 0.0273. The number of imidazole rings is 1. The van der Waals surface area contributed by atoms with Gasteiger partial charge in [0.2, 0.25) is 0 Å². The zero-order chi connectivity index (χ0) is 16.9. The highest BCUT2D eigenvalue weighted by atomic mass is 16.5. The Bertz CT molecular complexity index is 729. The number of anilines is 1. The van der Waals surface area contributed by atoms with Crippen molar-refractivity contribution in [3.63, 3.8) is 0 Å². The largest absolute Gasteiger partial charge is 0.482 e. The Labute approximate surface area is 139 Å². The van der Waals surface area contributed by atoms with Gasteiger partial charge >= 0.3 is 6.03 Å². The zero-order valence-electron chi connectivity index (χ0n) is 13.3. The van der Waals surface area contributed by atoms with Crippen LogP contribution < -0.4 is 20.7 Å². The molecule has 0 saturated heterocycles. The Morgan fingerprint density at radius 3 is 3.17 bits per heavy atom. The summed E-state index contributed by atoms with van der Waals surface area (Å²) in [5.41, 5.74) is 1.50. The van der Waals surface area contributed by atoms with E-state index in [0.29, 0.717) is 24.5 Å². The van der Waals surface area contributed by atoms with Crippen molar-refractivity contribution in [1.29, 1.82) is 0 Å². The van der Waals surface area contributed by atoms with E-state index in [1.807, 2.05) is 29.8 Å². The summed E-state index contributed by atoms with van der Waals surface area (Å²) in [5.74, 6) is 0.452. The molecule has 2 aromatic rings. The number of urea groups is 1. The summed E-state index contributed by atoms with van der Waals surface area (Å²) in [7, 11) is 0. The molecule has 1 unspecified atom stereocenters. The Balaban J connectivity index is 1.52. The van der Waals surface area contributed by atoms with Crippen LogP contribution in [0.3, 0.4) is 0 Å². The van der Waals surface area contributed by atoms with Gasteiger partial charge in [0.1, 0.15) is 5.75 Å². The van der Waals surface area contributed by atoms with Gasteiger partial charge in [-0.25, -0.2) is 9.78 Å². The number of benzene rings is 1. The Kier molecular flexibility index (Phi) is 4.64. The first-order chi connectivity index (χ1) is 11.6. The van der Waals surface area contributed by atoms with E-state index < -0.39 is 0 Å². The molecule has 1 atom stereocenters. The van der Waals surface area contributed by atoms with Gasteiger partial charge in [-0.1, -0.05) is 6.07 Å². The molecule has 0 saturated carbocycles. The van der Waals surface area contributed by atoms with Gasteiger partial charge < -0.3 is 25.3 Å². The zero-order valence-corrected chi connectivity index (χ0v) is 13.3. The summed E-state index contributed by atoms with van der Waals surface area (Å²) >= 11 is 0. The van der Waals surface area contributed by atoms with E-state index in [-0.39, 0.29) is 24.6 Å². The highest BCUT2D eigenvalue weighted by molar-refractivity contribution is 5.95. The maximum absolute atomic E-state index is 12.0. The molecule has 2 heterocycles. The van der Waals surface area contributed by atoms with Gasteiger partial charge in [-0.05, 0) is 24.6 Å². The SMILES string of the molecule is CC(NC(=O)NCCn1ccnc1)c1ccc2c(c1)NC(=O)CO2. The van der Waals surface area contributed by atoms with Gasteiger partial charge in [-0.15, -0.1) is 0 Å². The number of ether oxygens (including phenoxy) is 1. The number of rotatable bonds is 5. The second kappa shape index (κ2) is 7.03. The first-order valence-corrected chi connectivity index (χ1v) is 7.68. The minimum atomic E-state index is -0.249. The summed E-state index contributed by atoms with van der Waals surface area (Å²) in [4.78, 5) is 27.3. The number of carbonyl (C=O) groups excluding carboxylic acids is 2. The third-order valence-corrected chi connectivity index (χ3v) is 3.70. The third kappa shape index (κ3) is 3.83. The number of hydrogen-bond acceptors (Lipinski definition) is 4. The molecule has 24 heavy (non-hydrogen) atoms. The molecule has 8 nitrogen and oxygen atoms in total. The minimum Gasteiger partial charge on any atom is -0.482 e.